The Morgan fingerprint density at radius 2 is 2.19 bits per heavy atom. The summed E-state index contributed by atoms with van der Waals surface area (Å²) >= 11 is 6.99. The summed E-state index contributed by atoms with van der Waals surface area (Å²) in [6.45, 7) is 1.85. The van der Waals surface area contributed by atoms with E-state index in [4.69, 9.17) is 11.6 Å². The van der Waals surface area contributed by atoms with Crippen LogP contribution in [0.5, 0.6) is 0 Å². The van der Waals surface area contributed by atoms with Gasteiger partial charge in [-0.15, -0.1) is 11.3 Å². The van der Waals surface area contributed by atoms with Gasteiger partial charge in [-0.2, -0.15) is 0 Å². The van der Waals surface area contributed by atoms with Crippen molar-refractivity contribution in [3.8, 4) is 0 Å². The minimum atomic E-state index is -3.86. The number of nitrogens with one attached hydrogen (secondary N) is 1. The van der Waals surface area contributed by atoms with Gasteiger partial charge in [-0.3, -0.25) is 10.1 Å². The molecule has 1 N–H and O–H groups in total. The maximum atomic E-state index is 12.1. The zero-order valence-electron chi connectivity index (χ0n) is 10.7. The van der Waals surface area contributed by atoms with Crippen LogP contribution in [0.3, 0.4) is 0 Å². The molecule has 112 valence electrons. The number of rotatable bonds is 5. The number of halogens is 1. The average molecular weight is 348 g/mol. The molecule has 1 heterocycles. The van der Waals surface area contributed by atoms with Gasteiger partial charge in [0.15, 0.2) is 0 Å². The predicted octanol–water partition coefficient (Wildman–Crippen LogP) is 2.49. The lowest BCUT2D eigenvalue weighted by Gasteiger charge is -2.06. The van der Waals surface area contributed by atoms with Crippen LogP contribution in [0.25, 0.3) is 0 Å². The monoisotopic (exact) mass is 347 g/mol. The van der Waals surface area contributed by atoms with Crippen LogP contribution >= 0.6 is 22.9 Å². The Morgan fingerprint density at radius 3 is 2.76 bits per heavy atom. The summed E-state index contributed by atoms with van der Waals surface area (Å²) in [5.41, 5.74) is 1.91. The van der Waals surface area contributed by atoms with E-state index in [-0.39, 0.29) is 16.5 Å². The molecule has 2 aromatic rings. The molecule has 0 spiro atoms. The molecule has 7 nitrogen and oxygen atoms in total. The largest absolute Gasteiger partial charge is 0.289 e. The van der Waals surface area contributed by atoms with E-state index in [2.05, 4.69) is 9.71 Å². The minimum Gasteiger partial charge on any atom is -0.258 e. The Bertz CT molecular complexity index is 789. The van der Waals surface area contributed by atoms with Crippen LogP contribution in [-0.2, 0) is 16.6 Å². The number of aryl methyl sites for hydroxylation is 1. The van der Waals surface area contributed by atoms with Crippen molar-refractivity contribution in [2.75, 3.05) is 0 Å². The Hall–Kier alpha value is -1.55. The normalized spacial score (nSPS) is 11.5. The van der Waals surface area contributed by atoms with Gasteiger partial charge in [-0.25, -0.2) is 18.1 Å². The zero-order valence-corrected chi connectivity index (χ0v) is 13.1. The van der Waals surface area contributed by atoms with Gasteiger partial charge in [0.05, 0.1) is 21.0 Å². The number of nitrogens with zero attached hydrogens (tertiary/aromatic N) is 2. The molecule has 0 radical (unpaired) electrons. The first kappa shape index (κ1) is 15.8. The van der Waals surface area contributed by atoms with Crippen molar-refractivity contribution < 1.29 is 13.3 Å². The molecule has 0 aliphatic rings. The third kappa shape index (κ3) is 3.56. The van der Waals surface area contributed by atoms with Gasteiger partial charge in [-0.1, -0.05) is 11.6 Å². The van der Waals surface area contributed by atoms with Gasteiger partial charge in [0, 0.05) is 17.5 Å². The summed E-state index contributed by atoms with van der Waals surface area (Å²) in [6.07, 6.45) is 0. The molecule has 10 heteroatoms. The van der Waals surface area contributed by atoms with Crippen molar-refractivity contribution in [3.05, 3.63) is 49.4 Å². The number of aromatic nitrogens is 1. The second-order valence-corrected chi connectivity index (χ2v) is 7.17. The molecule has 2 rings (SSSR count). The maximum absolute atomic E-state index is 12.1. The van der Waals surface area contributed by atoms with E-state index in [0.717, 1.165) is 16.6 Å². The fraction of sp³-hybridized carbons (Fsp3) is 0.182. The van der Waals surface area contributed by atoms with Crippen molar-refractivity contribution >= 4 is 38.6 Å². The van der Waals surface area contributed by atoms with Crippen molar-refractivity contribution in [3.63, 3.8) is 0 Å². The molecule has 0 atom stereocenters. The first-order valence-electron chi connectivity index (χ1n) is 5.64. The molecule has 0 bridgehead atoms. The highest BCUT2D eigenvalue weighted by Gasteiger charge is 2.20. The molecule has 0 saturated heterocycles. The summed E-state index contributed by atoms with van der Waals surface area (Å²) in [7, 11) is -3.86. The summed E-state index contributed by atoms with van der Waals surface area (Å²) < 4.78 is 26.6. The summed E-state index contributed by atoms with van der Waals surface area (Å²) in [5, 5.41) is 10.7. The minimum absolute atomic E-state index is 0.0786. The van der Waals surface area contributed by atoms with E-state index in [0.29, 0.717) is 0 Å². The fourth-order valence-electron chi connectivity index (χ4n) is 1.54. The third-order valence-corrected chi connectivity index (χ3v) is 5.35. The van der Waals surface area contributed by atoms with Crippen LogP contribution < -0.4 is 4.72 Å². The van der Waals surface area contributed by atoms with Gasteiger partial charge in [0.25, 0.3) is 5.69 Å². The van der Waals surface area contributed by atoms with E-state index in [1.165, 1.54) is 23.5 Å². The topological polar surface area (TPSA) is 102 Å². The van der Waals surface area contributed by atoms with E-state index < -0.39 is 20.6 Å². The number of nitro benzene ring substituents is 1. The lowest BCUT2D eigenvalue weighted by atomic mass is 10.3. The Kier molecular flexibility index (Phi) is 4.57. The highest BCUT2D eigenvalue weighted by atomic mass is 35.5. The summed E-state index contributed by atoms with van der Waals surface area (Å²) in [5.74, 6) is 0. The van der Waals surface area contributed by atoms with Gasteiger partial charge in [0.1, 0.15) is 5.02 Å². The van der Waals surface area contributed by atoms with Gasteiger partial charge >= 0.3 is 0 Å². The molecule has 1 aromatic heterocycles. The zero-order chi connectivity index (χ0) is 15.6. The molecular weight excluding hydrogens is 338 g/mol. The van der Waals surface area contributed by atoms with E-state index in [1.807, 2.05) is 0 Å². The quantitative estimate of drug-likeness (QED) is 0.661. The summed E-state index contributed by atoms with van der Waals surface area (Å²) in [6, 6.07) is 3.34. The number of nitro groups is 1. The highest BCUT2D eigenvalue weighted by molar-refractivity contribution is 7.89. The smallest absolute Gasteiger partial charge is 0.258 e. The first-order valence-corrected chi connectivity index (χ1v) is 8.38. The average Bonchev–Trinajstić information content (AvgIpc) is 2.82. The Morgan fingerprint density at radius 1 is 1.48 bits per heavy atom. The molecule has 0 amide bonds. The van der Waals surface area contributed by atoms with Crippen LogP contribution in [0, 0.1) is 17.0 Å². The molecule has 0 unspecified atom stereocenters. The molecule has 0 saturated carbocycles. The first-order chi connectivity index (χ1) is 9.81. The SMILES string of the molecule is Cc1ncsc1CNS(=O)(=O)c1ccc(Cl)c([N+](=O)[O-])c1. The van der Waals surface area contributed by atoms with Gasteiger partial charge in [0.2, 0.25) is 10.0 Å². The molecule has 0 aliphatic heterocycles. The van der Waals surface area contributed by atoms with Crippen molar-refractivity contribution in [2.24, 2.45) is 0 Å². The molecule has 21 heavy (non-hydrogen) atoms. The van der Waals surface area contributed by atoms with Gasteiger partial charge < -0.3 is 0 Å². The van der Waals surface area contributed by atoms with Crippen molar-refractivity contribution in [1.29, 1.82) is 0 Å². The lowest BCUT2D eigenvalue weighted by Crippen LogP contribution is -2.23. The van der Waals surface area contributed by atoms with Gasteiger partial charge in [-0.05, 0) is 19.1 Å². The Labute approximate surface area is 129 Å². The van der Waals surface area contributed by atoms with Crippen molar-refractivity contribution in [1.82, 2.24) is 9.71 Å². The van der Waals surface area contributed by atoms with Crippen LogP contribution in [-0.4, -0.2) is 18.3 Å². The number of benzene rings is 1. The molecular formula is C11H10ClN3O4S2. The lowest BCUT2D eigenvalue weighted by molar-refractivity contribution is -0.384. The van der Waals surface area contributed by atoms with E-state index in [1.54, 1.807) is 12.4 Å². The second-order valence-electron chi connectivity index (χ2n) is 4.06. The fourth-order valence-corrected chi connectivity index (χ4v) is 3.55. The number of hydrogen-bond donors (Lipinski definition) is 1. The second kappa shape index (κ2) is 6.06. The molecule has 0 aliphatic carbocycles. The standard InChI is InChI=1S/C11H10ClN3O4S2/c1-7-11(20-6-13-7)5-14-21(18,19)8-2-3-9(12)10(4-8)15(16)17/h2-4,6,14H,5H2,1H3. The van der Waals surface area contributed by atoms with Crippen LogP contribution in [0.15, 0.2) is 28.6 Å². The van der Waals surface area contributed by atoms with Crippen LogP contribution in [0.1, 0.15) is 10.6 Å². The molecule has 0 fully saturated rings. The molecule has 1 aromatic carbocycles. The van der Waals surface area contributed by atoms with Crippen LogP contribution in [0.4, 0.5) is 5.69 Å². The number of hydrogen-bond acceptors (Lipinski definition) is 6. The predicted molar refractivity (Wildman–Crippen MR) is 79.0 cm³/mol. The highest BCUT2D eigenvalue weighted by Crippen LogP contribution is 2.27. The number of sulfonamides is 1. The number of thiazole rings is 1. The third-order valence-electron chi connectivity index (χ3n) is 2.69. The van der Waals surface area contributed by atoms with E-state index in [9.17, 15) is 18.5 Å². The summed E-state index contributed by atoms with van der Waals surface area (Å²) in [4.78, 5) is 14.6. The van der Waals surface area contributed by atoms with E-state index >= 15 is 0 Å². The maximum Gasteiger partial charge on any atom is 0.289 e. The Balaban J connectivity index is 2.26. The van der Waals surface area contributed by atoms with Crippen LogP contribution in [0.2, 0.25) is 5.02 Å². The van der Waals surface area contributed by atoms with Crippen molar-refractivity contribution in [2.45, 2.75) is 18.4 Å².